The lowest BCUT2D eigenvalue weighted by Crippen LogP contribution is -2.39. The monoisotopic (exact) mass is 653 g/mol. The van der Waals surface area contributed by atoms with Crippen LogP contribution in [0, 0.1) is 0 Å². The summed E-state index contributed by atoms with van der Waals surface area (Å²) in [4.78, 5) is 0. The van der Waals surface area contributed by atoms with Crippen LogP contribution < -0.4 is 0 Å². The minimum absolute atomic E-state index is 1.19. The molecule has 0 aromatic rings. The highest BCUT2D eigenvalue weighted by molar-refractivity contribution is 6.67. The van der Waals surface area contributed by atoms with Crippen molar-refractivity contribution >= 4 is 8.56 Å². The van der Waals surface area contributed by atoms with E-state index in [0.29, 0.717) is 0 Å². The smallest absolute Gasteiger partial charge is 0.337 e. The molecule has 0 bridgehead atoms. The Bertz CT molecular complexity index is 479. The van der Waals surface area contributed by atoms with Gasteiger partial charge in [-0.25, -0.2) is 0 Å². The summed E-state index contributed by atoms with van der Waals surface area (Å²) in [5, 5.41) is 0. The van der Waals surface area contributed by atoms with Crippen LogP contribution in [0.4, 0.5) is 0 Å². The van der Waals surface area contributed by atoms with E-state index in [2.05, 4.69) is 13.8 Å². The zero-order valence-electron chi connectivity index (χ0n) is 32.2. The molecule has 272 valence electrons. The van der Waals surface area contributed by atoms with E-state index in [-0.39, 0.29) is 0 Å². The first-order valence-corrected chi connectivity index (χ1v) is 23.6. The molecule has 0 aliphatic heterocycles. The van der Waals surface area contributed by atoms with Crippen molar-refractivity contribution in [3.05, 3.63) is 0 Å². The summed E-state index contributed by atoms with van der Waals surface area (Å²) in [7, 11) is 1.87. The van der Waals surface area contributed by atoms with Gasteiger partial charge >= 0.3 is 8.56 Å². The van der Waals surface area contributed by atoms with Crippen molar-refractivity contribution in [2.75, 3.05) is 14.2 Å². The van der Waals surface area contributed by atoms with Gasteiger partial charge in [-0.05, 0) is 12.1 Å². The molecule has 2 nitrogen and oxygen atoms in total. The topological polar surface area (TPSA) is 18.5 Å². The van der Waals surface area contributed by atoms with Crippen LogP contribution in [-0.2, 0) is 8.85 Å². The third-order valence-corrected chi connectivity index (χ3v) is 14.3. The highest BCUT2D eigenvalue weighted by atomic mass is 28.4. The maximum Gasteiger partial charge on any atom is 0.337 e. The van der Waals surface area contributed by atoms with Gasteiger partial charge in [0, 0.05) is 14.2 Å². The van der Waals surface area contributed by atoms with Crippen LogP contribution >= 0.6 is 0 Å². The van der Waals surface area contributed by atoms with Gasteiger partial charge < -0.3 is 8.85 Å². The third-order valence-electron chi connectivity index (χ3n) is 10.6. The number of hydrogen-bond donors (Lipinski definition) is 0. The Hall–Kier alpha value is 0.137. The molecule has 0 aliphatic carbocycles. The van der Waals surface area contributed by atoms with Gasteiger partial charge in [0.1, 0.15) is 0 Å². The summed E-state index contributed by atoms with van der Waals surface area (Å²) in [6, 6.07) is 2.38. The second-order valence-electron chi connectivity index (χ2n) is 14.8. The third kappa shape index (κ3) is 33.8. The van der Waals surface area contributed by atoms with E-state index in [1.807, 2.05) is 14.2 Å². The standard InChI is InChI=1S/C42H88O2Si/c1-5-7-9-11-13-15-17-19-21-23-25-27-29-31-33-35-37-39-41-45(43-3,44-4)42-40-38-36-34-32-30-28-26-24-22-20-18-16-14-12-10-8-6-2/h5-42H2,1-4H3. The van der Waals surface area contributed by atoms with Crippen LogP contribution in [0.2, 0.25) is 12.1 Å². The SMILES string of the molecule is CCCCCCCCCCCCCCCCCCCC[Si](CCCCCCCCCCCCCCCCCCCC)(OC)OC. The molecule has 0 heterocycles. The van der Waals surface area contributed by atoms with Crippen molar-refractivity contribution in [1.82, 2.24) is 0 Å². The summed E-state index contributed by atoms with van der Waals surface area (Å²) in [6.07, 6.45) is 51.7. The first-order valence-electron chi connectivity index (χ1n) is 21.3. The molecular formula is C42H88O2Si. The van der Waals surface area contributed by atoms with E-state index in [9.17, 15) is 0 Å². The molecule has 0 amide bonds. The van der Waals surface area contributed by atoms with Gasteiger partial charge in [-0.15, -0.1) is 0 Å². The van der Waals surface area contributed by atoms with Gasteiger partial charge in [0.05, 0.1) is 0 Å². The molecule has 0 N–H and O–H groups in total. The Morgan fingerprint density at radius 3 is 0.556 bits per heavy atom. The molecule has 0 saturated carbocycles. The molecule has 0 fully saturated rings. The average Bonchev–Trinajstić information content (AvgIpc) is 3.06. The maximum absolute atomic E-state index is 6.07. The summed E-state index contributed by atoms with van der Waals surface area (Å²) < 4.78 is 12.1. The Morgan fingerprint density at radius 2 is 0.400 bits per heavy atom. The van der Waals surface area contributed by atoms with E-state index in [1.165, 1.54) is 243 Å². The van der Waals surface area contributed by atoms with Gasteiger partial charge in [0.25, 0.3) is 0 Å². The predicted octanol–water partition coefficient (Wildman–Crippen LogP) is 15.8. The highest BCUT2D eigenvalue weighted by Gasteiger charge is 2.33. The van der Waals surface area contributed by atoms with Crippen molar-refractivity contribution in [3.8, 4) is 0 Å². The molecule has 0 radical (unpaired) electrons. The largest absolute Gasteiger partial charge is 0.398 e. The molecule has 0 unspecified atom stereocenters. The van der Waals surface area contributed by atoms with Crippen LogP contribution in [0.5, 0.6) is 0 Å². The van der Waals surface area contributed by atoms with Crippen molar-refractivity contribution in [3.63, 3.8) is 0 Å². The summed E-state index contributed by atoms with van der Waals surface area (Å²) in [5.74, 6) is 0. The Morgan fingerprint density at radius 1 is 0.244 bits per heavy atom. The first kappa shape index (κ1) is 45.1. The molecule has 3 heteroatoms. The molecule has 0 rings (SSSR count). The predicted molar refractivity (Wildman–Crippen MR) is 207 cm³/mol. The molecule has 45 heavy (non-hydrogen) atoms. The number of hydrogen-bond acceptors (Lipinski definition) is 2. The van der Waals surface area contributed by atoms with Crippen LogP contribution in [0.25, 0.3) is 0 Å². The van der Waals surface area contributed by atoms with Crippen LogP contribution in [0.3, 0.4) is 0 Å². The van der Waals surface area contributed by atoms with Gasteiger partial charge in [-0.3, -0.25) is 0 Å². The molecule has 0 aliphatic rings. The van der Waals surface area contributed by atoms with Crippen molar-refractivity contribution in [2.45, 2.75) is 257 Å². The lowest BCUT2D eigenvalue weighted by molar-refractivity contribution is 0.238. The van der Waals surface area contributed by atoms with Crippen molar-refractivity contribution in [2.24, 2.45) is 0 Å². The average molecular weight is 653 g/mol. The normalized spacial score (nSPS) is 12.0. The molecule has 0 aromatic heterocycles. The van der Waals surface area contributed by atoms with E-state index in [0.717, 1.165) is 0 Å². The van der Waals surface area contributed by atoms with Crippen LogP contribution in [0.15, 0.2) is 0 Å². The molecule has 0 aromatic carbocycles. The van der Waals surface area contributed by atoms with Gasteiger partial charge in [-0.2, -0.15) is 0 Å². The zero-order chi connectivity index (χ0) is 32.8. The molecule has 0 spiro atoms. The second-order valence-corrected chi connectivity index (χ2v) is 18.5. The Balaban J connectivity index is 3.47. The summed E-state index contributed by atoms with van der Waals surface area (Å²) in [5.41, 5.74) is 0. The fraction of sp³-hybridized carbons (Fsp3) is 1.00. The van der Waals surface area contributed by atoms with E-state index in [1.54, 1.807) is 0 Å². The quantitative estimate of drug-likeness (QED) is 0.0484. The number of rotatable bonds is 40. The lowest BCUT2D eigenvalue weighted by Gasteiger charge is -2.27. The van der Waals surface area contributed by atoms with E-state index in [4.69, 9.17) is 8.85 Å². The van der Waals surface area contributed by atoms with Crippen molar-refractivity contribution in [1.29, 1.82) is 0 Å². The first-order chi connectivity index (χ1) is 22.2. The zero-order valence-corrected chi connectivity index (χ0v) is 33.2. The van der Waals surface area contributed by atoms with Crippen LogP contribution in [-0.4, -0.2) is 22.8 Å². The Labute approximate surface area is 288 Å². The maximum atomic E-state index is 6.07. The van der Waals surface area contributed by atoms with E-state index < -0.39 is 8.56 Å². The fourth-order valence-electron chi connectivity index (χ4n) is 7.21. The van der Waals surface area contributed by atoms with Crippen molar-refractivity contribution < 1.29 is 8.85 Å². The fourth-order valence-corrected chi connectivity index (χ4v) is 10.0. The lowest BCUT2D eigenvalue weighted by atomic mass is 10.0. The molecule has 0 saturated heterocycles. The molecular weight excluding hydrogens is 565 g/mol. The Kier molecular flexibility index (Phi) is 38.7. The minimum atomic E-state index is -1.96. The number of unbranched alkanes of at least 4 members (excludes halogenated alkanes) is 34. The molecule has 0 atom stereocenters. The van der Waals surface area contributed by atoms with E-state index >= 15 is 0 Å². The minimum Gasteiger partial charge on any atom is -0.398 e. The van der Waals surface area contributed by atoms with Gasteiger partial charge in [0.15, 0.2) is 0 Å². The van der Waals surface area contributed by atoms with Gasteiger partial charge in [0.2, 0.25) is 0 Å². The summed E-state index contributed by atoms with van der Waals surface area (Å²) in [6.45, 7) is 4.61. The summed E-state index contributed by atoms with van der Waals surface area (Å²) >= 11 is 0. The van der Waals surface area contributed by atoms with Crippen LogP contribution in [0.1, 0.15) is 245 Å². The highest BCUT2D eigenvalue weighted by Crippen LogP contribution is 2.25. The second kappa shape index (κ2) is 38.6. The van der Waals surface area contributed by atoms with Gasteiger partial charge in [-0.1, -0.05) is 245 Å².